The fraction of sp³-hybridized carbons (Fsp3) is 0.533. The predicted molar refractivity (Wildman–Crippen MR) is 81.9 cm³/mol. The summed E-state index contributed by atoms with van der Waals surface area (Å²) >= 11 is 0. The Bertz CT molecular complexity index is 575. The molecule has 1 saturated heterocycles. The summed E-state index contributed by atoms with van der Waals surface area (Å²) in [6.45, 7) is 4.36. The topological polar surface area (TPSA) is 66.5 Å². The molecule has 0 amide bonds. The maximum absolute atomic E-state index is 12.5. The molecule has 0 radical (unpaired) electrons. The zero-order chi connectivity index (χ0) is 15.3. The molecule has 5 nitrogen and oxygen atoms in total. The van der Waals surface area contributed by atoms with E-state index in [9.17, 15) is 13.2 Å². The van der Waals surface area contributed by atoms with Crippen molar-refractivity contribution < 1.29 is 13.2 Å². The van der Waals surface area contributed by atoms with Crippen LogP contribution < -0.4 is 5.32 Å². The van der Waals surface area contributed by atoms with Crippen LogP contribution in [0, 0.1) is 0 Å². The number of hydrogen-bond donors (Lipinski definition) is 1. The minimum Gasteiger partial charge on any atom is -0.314 e. The van der Waals surface area contributed by atoms with Gasteiger partial charge in [-0.3, -0.25) is 4.79 Å². The van der Waals surface area contributed by atoms with E-state index in [0.29, 0.717) is 38.2 Å². The second-order valence-electron chi connectivity index (χ2n) is 5.21. The van der Waals surface area contributed by atoms with E-state index in [0.717, 1.165) is 12.8 Å². The Hall–Kier alpha value is -1.24. The first kappa shape index (κ1) is 16.1. The molecule has 1 heterocycles. The van der Waals surface area contributed by atoms with E-state index in [4.69, 9.17) is 0 Å². The van der Waals surface area contributed by atoms with Gasteiger partial charge in [-0.05, 0) is 18.6 Å². The smallest absolute Gasteiger partial charge is 0.243 e. The van der Waals surface area contributed by atoms with Crippen LogP contribution in [0.5, 0.6) is 0 Å². The minimum atomic E-state index is -3.44. The van der Waals surface area contributed by atoms with Crippen molar-refractivity contribution in [3.8, 4) is 0 Å². The molecule has 1 aliphatic rings. The van der Waals surface area contributed by atoms with Crippen molar-refractivity contribution in [2.24, 2.45) is 0 Å². The van der Waals surface area contributed by atoms with E-state index in [-0.39, 0.29) is 10.7 Å². The lowest BCUT2D eigenvalue weighted by Crippen LogP contribution is -2.46. The van der Waals surface area contributed by atoms with E-state index in [1.54, 1.807) is 12.1 Å². The molecule has 1 aliphatic heterocycles. The largest absolute Gasteiger partial charge is 0.314 e. The molecule has 1 N–H and O–H groups in total. The number of rotatable bonds is 6. The quantitative estimate of drug-likeness (QED) is 0.811. The van der Waals surface area contributed by atoms with Crippen LogP contribution in [-0.4, -0.2) is 44.7 Å². The van der Waals surface area contributed by atoms with Gasteiger partial charge < -0.3 is 5.32 Å². The molecule has 0 atom stereocenters. The molecule has 1 fully saturated rings. The van der Waals surface area contributed by atoms with Crippen LogP contribution in [0.15, 0.2) is 29.2 Å². The molecule has 0 aliphatic carbocycles. The number of piperazine rings is 1. The Kier molecular flexibility index (Phi) is 5.50. The Morgan fingerprint density at radius 3 is 2.38 bits per heavy atom. The third-order valence-corrected chi connectivity index (χ3v) is 5.56. The SMILES string of the molecule is CCCCC(=O)c1ccc(S(=O)(=O)N2CCNCC2)cc1. The molecule has 116 valence electrons. The molecule has 21 heavy (non-hydrogen) atoms. The highest BCUT2D eigenvalue weighted by Gasteiger charge is 2.25. The Balaban J connectivity index is 2.12. The van der Waals surface area contributed by atoms with Gasteiger partial charge in [-0.25, -0.2) is 8.42 Å². The lowest BCUT2D eigenvalue weighted by Gasteiger charge is -2.26. The zero-order valence-electron chi connectivity index (χ0n) is 12.3. The van der Waals surface area contributed by atoms with Gasteiger partial charge in [-0.2, -0.15) is 4.31 Å². The number of ketones is 1. The van der Waals surface area contributed by atoms with Crippen molar-refractivity contribution in [3.63, 3.8) is 0 Å². The van der Waals surface area contributed by atoms with Gasteiger partial charge in [0.25, 0.3) is 0 Å². The molecule has 1 aromatic carbocycles. The summed E-state index contributed by atoms with van der Waals surface area (Å²) in [5.74, 6) is 0.0722. The van der Waals surface area contributed by atoms with Crippen molar-refractivity contribution in [2.45, 2.75) is 31.1 Å². The molecule has 0 unspecified atom stereocenters. The molecule has 1 aromatic rings. The van der Waals surface area contributed by atoms with Crippen molar-refractivity contribution in [2.75, 3.05) is 26.2 Å². The van der Waals surface area contributed by atoms with Gasteiger partial charge in [-0.15, -0.1) is 0 Å². The van der Waals surface area contributed by atoms with Gasteiger partial charge in [0, 0.05) is 38.2 Å². The summed E-state index contributed by atoms with van der Waals surface area (Å²) in [5.41, 5.74) is 0.586. The number of nitrogens with zero attached hydrogens (tertiary/aromatic N) is 1. The molecule has 0 aromatic heterocycles. The first-order valence-electron chi connectivity index (χ1n) is 7.40. The number of unbranched alkanes of at least 4 members (excludes halogenated alkanes) is 1. The lowest BCUT2D eigenvalue weighted by atomic mass is 10.1. The number of carbonyl (C=O) groups is 1. The lowest BCUT2D eigenvalue weighted by molar-refractivity contribution is 0.0979. The van der Waals surface area contributed by atoms with Crippen LogP contribution in [0.2, 0.25) is 0 Å². The average Bonchev–Trinajstić information content (AvgIpc) is 2.53. The molecule has 0 saturated carbocycles. The number of Topliss-reactive ketones (excluding diaryl/α,β-unsaturated/α-hetero) is 1. The Labute approximate surface area is 126 Å². The first-order valence-corrected chi connectivity index (χ1v) is 8.84. The molecule has 6 heteroatoms. The fourth-order valence-electron chi connectivity index (χ4n) is 2.33. The highest BCUT2D eigenvalue weighted by Crippen LogP contribution is 2.18. The summed E-state index contributed by atoms with van der Waals surface area (Å²) in [6, 6.07) is 6.31. The van der Waals surface area contributed by atoms with E-state index in [2.05, 4.69) is 5.32 Å². The zero-order valence-corrected chi connectivity index (χ0v) is 13.2. The average molecular weight is 310 g/mol. The normalized spacial score (nSPS) is 16.8. The number of hydrogen-bond acceptors (Lipinski definition) is 4. The molecular formula is C15H22N2O3S. The van der Waals surface area contributed by atoms with Crippen molar-refractivity contribution >= 4 is 15.8 Å². The predicted octanol–water partition coefficient (Wildman–Crippen LogP) is 1.65. The maximum Gasteiger partial charge on any atom is 0.243 e. The third kappa shape index (κ3) is 3.90. The Morgan fingerprint density at radius 2 is 1.81 bits per heavy atom. The summed E-state index contributed by atoms with van der Waals surface area (Å²) in [7, 11) is -3.44. The van der Waals surface area contributed by atoms with Crippen molar-refractivity contribution in [1.29, 1.82) is 0 Å². The van der Waals surface area contributed by atoms with E-state index in [1.165, 1.54) is 16.4 Å². The van der Waals surface area contributed by atoms with Crippen LogP contribution in [0.4, 0.5) is 0 Å². The van der Waals surface area contributed by atoms with Crippen LogP contribution in [0.1, 0.15) is 36.5 Å². The second kappa shape index (κ2) is 7.15. The highest BCUT2D eigenvalue weighted by molar-refractivity contribution is 7.89. The summed E-state index contributed by atoms with van der Waals surface area (Å²) < 4.78 is 26.4. The third-order valence-electron chi connectivity index (χ3n) is 3.65. The number of sulfonamides is 1. The van der Waals surface area contributed by atoms with Gasteiger partial charge in [0.1, 0.15) is 0 Å². The summed E-state index contributed by atoms with van der Waals surface area (Å²) in [6.07, 6.45) is 2.35. The van der Waals surface area contributed by atoms with Crippen LogP contribution in [0.25, 0.3) is 0 Å². The minimum absolute atomic E-state index is 0.0722. The number of carbonyl (C=O) groups excluding carboxylic acids is 1. The van der Waals surface area contributed by atoms with Gasteiger partial charge in [0.05, 0.1) is 4.90 Å². The summed E-state index contributed by atoms with van der Waals surface area (Å²) in [5, 5.41) is 3.13. The Morgan fingerprint density at radius 1 is 1.19 bits per heavy atom. The monoisotopic (exact) mass is 310 g/mol. The van der Waals surface area contributed by atoms with E-state index >= 15 is 0 Å². The standard InChI is InChI=1S/C15H22N2O3S/c1-2-3-4-15(18)13-5-7-14(8-6-13)21(19,20)17-11-9-16-10-12-17/h5-8,16H,2-4,9-12H2,1H3. The maximum atomic E-state index is 12.5. The van der Waals surface area contributed by atoms with Crippen molar-refractivity contribution in [3.05, 3.63) is 29.8 Å². The fourth-order valence-corrected chi connectivity index (χ4v) is 3.77. The number of benzene rings is 1. The van der Waals surface area contributed by atoms with Gasteiger partial charge in [-0.1, -0.05) is 25.5 Å². The van der Waals surface area contributed by atoms with Crippen LogP contribution in [-0.2, 0) is 10.0 Å². The van der Waals surface area contributed by atoms with Gasteiger partial charge >= 0.3 is 0 Å². The second-order valence-corrected chi connectivity index (χ2v) is 7.14. The van der Waals surface area contributed by atoms with Crippen LogP contribution >= 0.6 is 0 Å². The van der Waals surface area contributed by atoms with Crippen LogP contribution in [0.3, 0.4) is 0 Å². The molecule has 0 bridgehead atoms. The van der Waals surface area contributed by atoms with E-state index in [1.807, 2.05) is 6.92 Å². The molecule has 0 spiro atoms. The van der Waals surface area contributed by atoms with E-state index < -0.39 is 10.0 Å². The molecule has 2 rings (SSSR count). The van der Waals surface area contributed by atoms with Gasteiger partial charge in [0.2, 0.25) is 10.0 Å². The highest BCUT2D eigenvalue weighted by atomic mass is 32.2. The number of nitrogens with one attached hydrogen (secondary N) is 1. The summed E-state index contributed by atoms with van der Waals surface area (Å²) in [4.78, 5) is 12.2. The van der Waals surface area contributed by atoms with Crippen molar-refractivity contribution in [1.82, 2.24) is 9.62 Å². The van der Waals surface area contributed by atoms with Gasteiger partial charge in [0.15, 0.2) is 5.78 Å². The molecular weight excluding hydrogens is 288 g/mol. The first-order chi connectivity index (χ1) is 10.1.